The summed E-state index contributed by atoms with van der Waals surface area (Å²) in [6.45, 7) is 6.72. The summed E-state index contributed by atoms with van der Waals surface area (Å²) in [4.78, 5) is 0. The van der Waals surface area contributed by atoms with Crippen LogP contribution in [0.5, 0.6) is 5.75 Å². The normalized spacial score (nSPS) is 10.6. The van der Waals surface area contributed by atoms with Gasteiger partial charge in [0.05, 0.1) is 0 Å². The fraction of sp³-hybridized carbons (Fsp3) is 0.333. The summed E-state index contributed by atoms with van der Waals surface area (Å²) in [5, 5.41) is 3.33. The van der Waals surface area contributed by atoms with E-state index in [1.54, 1.807) is 0 Å². The van der Waals surface area contributed by atoms with Gasteiger partial charge in [-0.3, -0.25) is 0 Å². The first-order chi connectivity index (χ1) is 10.2. The molecule has 112 valence electrons. The largest absolute Gasteiger partial charge is 0.489 e. The molecule has 0 fully saturated rings. The Kier molecular flexibility index (Phi) is 6.27. The number of halogens is 1. The number of ether oxygens (including phenoxy) is 1. The molecule has 3 heteroatoms. The fourth-order valence-electron chi connectivity index (χ4n) is 2.18. The molecule has 2 rings (SSSR count). The number of aryl methyl sites for hydroxylation is 1. The molecule has 0 spiro atoms. The second-order valence-corrected chi connectivity index (χ2v) is 5.81. The lowest BCUT2D eigenvalue weighted by Crippen LogP contribution is -2.11. The first-order valence-electron chi connectivity index (χ1n) is 7.43. The average Bonchev–Trinajstić information content (AvgIpc) is 2.52. The van der Waals surface area contributed by atoms with Crippen LogP contribution in [-0.2, 0) is 19.6 Å². The second-order valence-electron chi connectivity index (χ2n) is 4.96. The van der Waals surface area contributed by atoms with Gasteiger partial charge in [-0.1, -0.05) is 60.1 Å². The Balaban J connectivity index is 2.03. The van der Waals surface area contributed by atoms with Crippen molar-refractivity contribution in [2.24, 2.45) is 0 Å². The van der Waals surface area contributed by atoms with E-state index < -0.39 is 0 Å². The van der Waals surface area contributed by atoms with Crippen LogP contribution in [0.4, 0.5) is 0 Å². The number of hydrogen-bond donors (Lipinski definition) is 1. The van der Waals surface area contributed by atoms with Gasteiger partial charge in [-0.25, -0.2) is 0 Å². The van der Waals surface area contributed by atoms with Crippen LogP contribution < -0.4 is 10.1 Å². The van der Waals surface area contributed by atoms with Crippen LogP contribution in [0.15, 0.2) is 46.9 Å². The Bertz CT molecular complexity index is 583. The van der Waals surface area contributed by atoms with Crippen molar-refractivity contribution in [1.82, 2.24) is 5.32 Å². The number of benzene rings is 2. The quantitative estimate of drug-likeness (QED) is 0.783. The van der Waals surface area contributed by atoms with Crippen LogP contribution in [-0.4, -0.2) is 6.54 Å². The third kappa shape index (κ3) is 4.58. The maximum Gasteiger partial charge on any atom is 0.122 e. The van der Waals surface area contributed by atoms with Crippen LogP contribution in [0.1, 0.15) is 30.5 Å². The highest BCUT2D eigenvalue weighted by Crippen LogP contribution is 2.23. The highest BCUT2D eigenvalue weighted by Gasteiger charge is 2.05. The Labute approximate surface area is 135 Å². The van der Waals surface area contributed by atoms with E-state index in [1.165, 1.54) is 16.7 Å². The van der Waals surface area contributed by atoms with Crippen molar-refractivity contribution in [1.29, 1.82) is 0 Å². The summed E-state index contributed by atoms with van der Waals surface area (Å²) in [7, 11) is 0. The van der Waals surface area contributed by atoms with Crippen LogP contribution in [0.3, 0.4) is 0 Å². The van der Waals surface area contributed by atoms with Gasteiger partial charge in [-0.2, -0.15) is 0 Å². The molecule has 2 nitrogen and oxygen atoms in total. The van der Waals surface area contributed by atoms with Crippen molar-refractivity contribution in [2.75, 3.05) is 6.54 Å². The zero-order valence-electron chi connectivity index (χ0n) is 12.7. The van der Waals surface area contributed by atoms with Gasteiger partial charge in [0, 0.05) is 16.6 Å². The van der Waals surface area contributed by atoms with Gasteiger partial charge in [0.25, 0.3) is 0 Å². The molecule has 0 bridgehead atoms. The molecule has 0 saturated carbocycles. The Morgan fingerprint density at radius 2 is 1.86 bits per heavy atom. The van der Waals surface area contributed by atoms with Gasteiger partial charge < -0.3 is 10.1 Å². The van der Waals surface area contributed by atoms with Gasteiger partial charge in [0.2, 0.25) is 0 Å². The number of para-hydroxylation sites is 1. The molecule has 0 heterocycles. The van der Waals surface area contributed by atoms with E-state index >= 15 is 0 Å². The van der Waals surface area contributed by atoms with Crippen LogP contribution in [0.25, 0.3) is 0 Å². The molecule has 0 radical (unpaired) electrons. The molecule has 0 amide bonds. The smallest absolute Gasteiger partial charge is 0.122 e. The highest BCUT2D eigenvalue weighted by molar-refractivity contribution is 9.10. The standard InChI is InChI=1S/C18H22BrNO/c1-3-15-7-5-6-8-18(15)21-13-16-10-9-14(11-17(16)19)12-20-4-2/h5-11,20H,3-4,12-13H2,1-2H3. The van der Waals surface area contributed by atoms with Crippen LogP contribution in [0.2, 0.25) is 0 Å². The van der Waals surface area contributed by atoms with Crippen molar-refractivity contribution < 1.29 is 4.74 Å². The van der Waals surface area contributed by atoms with Crippen LogP contribution in [0, 0.1) is 0 Å². The minimum absolute atomic E-state index is 0.582. The predicted octanol–water partition coefficient (Wildman–Crippen LogP) is 4.70. The molecule has 21 heavy (non-hydrogen) atoms. The molecule has 0 aliphatic carbocycles. The average molecular weight is 348 g/mol. The molecule has 0 atom stereocenters. The second kappa shape index (κ2) is 8.20. The van der Waals surface area contributed by atoms with Crippen molar-refractivity contribution >= 4 is 15.9 Å². The third-order valence-corrected chi connectivity index (χ3v) is 4.17. The van der Waals surface area contributed by atoms with Crippen molar-refractivity contribution in [3.8, 4) is 5.75 Å². The zero-order chi connectivity index (χ0) is 15.1. The monoisotopic (exact) mass is 347 g/mol. The topological polar surface area (TPSA) is 21.3 Å². The summed E-state index contributed by atoms with van der Waals surface area (Å²) < 4.78 is 7.07. The predicted molar refractivity (Wildman–Crippen MR) is 91.7 cm³/mol. The van der Waals surface area contributed by atoms with E-state index in [4.69, 9.17) is 4.74 Å². The van der Waals surface area contributed by atoms with Crippen LogP contribution >= 0.6 is 15.9 Å². The highest BCUT2D eigenvalue weighted by atomic mass is 79.9. The van der Waals surface area contributed by atoms with E-state index in [0.29, 0.717) is 6.61 Å². The lowest BCUT2D eigenvalue weighted by Gasteiger charge is -2.12. The molecular formula is C18H22BrNO. The molecular weight excluding hydrogens is 326 g/mol. The van der Waals surface area contributed by atoms with E-state index in [0.717, 1.165) is 29.7 Å². The van der Waals surface area contributed by atoms with Gasteiger partial charge in [-0.05, 0) is 36.2 Å². The van der Waals surface area contributed by atoms with E-state index in [1.807, 2.05) is 12.1 Å². The summed E-state index contributed by atoms with van der Waals surface area (Å²) >= 11 is 3.64. The maximum absolute atomic E-state index is 5.97. The Morgan fingerprint density at radius 3 is 2.57 bits per heavy atom. The summed E-state index contributed by atoms with van der Waals surface area (Å²) in [5.74, 6) is 0.976. The molecule has 2 aromatic carbocycles. The SMILES string of the molecule is CCNCc1ccc(COc2ccccc2CC)c(Br)c1. The van der Waals surface area contributed by atoms with E-state index in [9.17, 15) is 0 Å². The number of rotatable bonds is 7. The molecule has 1 N–H and O–H groups in total. The van der Waals surface area contributed by atoms with Crippen molar-refractivity contribution in [3.05, 3.63) is 63.6 Å². The van der Waals surface area contributed by atoms with Gasteiger partial charge in [0.1, 0.15) is 12.4 Å². The number of nitrogens with one attached hydrogen (secondary N) is 1. The van der Waals surface area contributed by atoms with Gasteiger partial charge >= 0.3 is 0 Å². The fourth-order valence-corrected chi connectivity index (χ4v) is 2.72. The summed E-state index contributed by atoms with van der Waals surface area (Å²) in [5.41, 5.74) is 3.69. The minimum Gasteiger partial charge on any atom is -0.489 e. The number of hydrogen-bond acceptors (Lipinski definition) is 2. The van der Waals surface area contributed by atoms with E-state index in [2.05, 4.69) is 65.4 Å². The molecule has 0 aromatic heterocycles. The van der Waals surface area contributed by atoms with Gasteiger partial charge in [-0.15, -0.1) is 0 Å². The molecule has 2 aromatic rings. The zero-order valence-corrected chi connectivity index (χ0v) is 14.2. The molecule has 0 saturated heterocycles. The molecule has 0 aliphatic heterocycles. The minimum atomic E-state index is 0.582. The summed E-state index contributed by atoms with van der Waals surface area (Å²) in [6, 6.07) is 14.7. The Morgan fingerprint density at radius 1 is 1.05 bits per heavy atom. The lowest BCUT2D eigenvalue weighted by atomic mass is 10.1. The van der Waals surface area contributed by atoms with Crippen molar-refractivity contribution in [2.45, 2.75) is 33.4 Å². The third-order valence-electron chi connectivity index (χ3n) is 3.43. The van der Waals surface area contributed by atoms with E-state index in [-0.39, 0.29) is 0 Å². The summed E-state index contributed by atoms with van der Waals surface area (Å²) in [6.07, 6.45) is 0.985. The Hall–Kier alpha value is -1.32. The molecule has 0 aliphatic rings. The maximum atomic E-state index is 5.97. The first kappa shape index (κ1) is 16.1. The van der Waals surface area contributed by atoms with Crippen molar-refractivity contribution in [3.63, 3.8) is 0 Å². The first-order valence-corrected chi connectivity index (χ1v) is 8.22. The van der Waals surface area contributed by atoms with Gasteiger partial charge in [0.15, 0.2) is 0 Å². The molecule has 0 unspecified atom stereocenters. The lowest BCUT2D eigenvalue weighted by molar-refractivity contribution is 0.302.